The van der Waals surface area contributed by atoms with Crippen molar-refractivity contribution in [1.82, 2.24) is 9.97 Å². The molecule has 6 nitrogen and oxygen atoms in total. The number of allylic oxidation sites excluding steroid dienone is 1. The highest BCUT2D eigenvalue weighted by Gasteiger charge is 2.22. The van der Waals surface area contributed by atoms with Crippen molar-refractivity contribution in [1.29, 1.82) is 0 Å². The zero-order chi connectivity index (χ0) is 17.2. The van der Waals surface area contributed by atoms with Crippen LogP contribution in [0.4, 0.5) is 5.95 Å². The largest absolute Gasteiger partial charge is 0.508 e. The SMILES string of the molecule is O=C1/C(=C\c2cnc(N3CCOCC3)nc2)CCc2cc(O)ccc21. The smallest absolute Gasteiger partial charge is 0.225 e. The first-order valence-electron chi connectivity index (χ1n) is 8.42. The van der Waals surface area contributed by atoms with Crippen molar-refractivity contribution in [3.8, 4) is 5.75 Å². The minimum atomic E-state index is 0.0125. The topological polar surface area (TPSA) is 75.6 Å². The average molecular weight is 337 g/mol. The fourth-order valence-corrected chi connectivity index (χ4v) is 3.24. The molecular formula is C19H19N3O3. The summed E-state index contributed by atoms with van der Waals surface area (Å²) in [5, 5.41) is 9.55. The van der Waals surface area contributed by atoms with E-state index < -0.39 is 0 Å². The van der Waals surface area contributed by atoms with Gasteiger partial charge in [0.05, 0.1) is 13.2 Å². The average Bonchev–Trinajstić information content (AvgIpc) is 2.65. The quantitative estimate of drug-likeness (QED) is 0.847. The van der Waals surface area contributed by atoms with Crippen LogP contribution in [0.3, 0.4) is 0 Å². The Morgan fingerprint density at radius 2 is 1.88 bits per heavy atom. The summed E-state index contributed by atoms with van der Waals surface area (Å²) >= 11 is 0. The minimum absolute atomic E-state index is 0.0125. The summed E-state index contributed by atoms with van der Waals surface area (Å²) in [7, 11) is 0. The maximum absolute atomic E-state index is 12.6. The lowest BCUT2D eigenvalue weighted by atomic mass is 9.86. The van der Waals surface area contributed by atoms with E-state index in [4.69, 9.17) is 4.74 Å². The van der Waals surface area contributed by atoms with E-state index >= 15 is 0 Å². The highest BCUT2D eigenvalue weighted by atomic mass is 16.5. The van der Waals surface area contributed by atoms with Gasteiger partial charge in [-0.15, -0.1) is 0 Å². The van der Waals surface area contributed by atoms with Gasteiger partial charge in [0.25, 0.3) is 0 Å². The number of fused-ring (bicyclic) bond motifs is 1. The number of phenols is 1. The van der Waals surface area contributed by atoms with Crippen LogP contribution in [-0.4, -0.2) is 47.2 Å². The number of aromatic hydroxyl groups is 1. The first-order chi connectivity index (χ1) is 12.2. The molecule has 6 heteroatoms. The van der Waals surface area contributed by atoms with E-state index in [0.29, 0.717) is 31.1 Å². The molecule has 128 valence electrons. The Hall–Kier alpha value is -2.73. The van der Waals surface area contributed by atoms with Crippen LogP contribution in [0.2, 0.25) is 0 Å². The Kier molecular flexibility index (Phi) is 4.19. The Bertz CT molecular complexity index is 824. The zero-order valence-corrected chi connectivity index (χ0v) is 13.8. The molecule has 1 aromatic carbocycles. The van der Waals surface area contributed by atoms with Crippen molar-refractivity contribution in [2.75, 3.05) is 31.2 Å². The second-order valence-corrected chi connectivity index (χ2v) is 6.26. The minimum Gasteiger partial charge on any atom is -0.508 e. The molecule has 1 N–H and O–H groups in total. The molecule has 0 radical (unpaired) electrons. The number of morpholine rings is 1. The molecule has 1 saturated heterocycles. The number of aromatic nitrogens is 2. The summed E-state index contributed by atoms with van der Waals surface area (Å²) in [6.07, 6.45) is 6.77. The van der Waals surface area contributed by atoms with Gasteiger partial charge in [0.2, 0.25) is 5.95 Å². The fraction of sp³-hybridized carbons (Fsp3) is 0.316. The number of hydrogen-bond acceptors (Lipinski definition) is 6. The molecule has 0 atom stereocenters. The number of carbonyl (C=O) groups excluding carboxylic acids is 1. The third-order valence-corrected chi connectivity index (χ3v) is 4.58. The highest BCUT2D eigenvalue weighted by molar-refractivity contribution is 6.13. The van der Waals surface area contributed by atoms with Crippen LogP contribution in [0.25, 0.3) is 6.08 Å². The monoisotopic (exact) mass is 337 g/mol. The number of anilines is 1. The lowest BCUT2D eigenvalue weighted by Gasteiger charge is -2.26. The summed E-state index contributed by atoms with van der Waals surface area (Å²) < 4.78 is 5.33. The van der Waals surface area contributed by atoms with Crippen molar-refractivity contribution in [3.63, 3.8) is 0 Å². The molecule has 25 heavy (non-hydrogen) atoms. The van der Waals surface area contributed by atoms with Gasteiger partial charge in [-0.05, 0) is 42.7 Å². The Morgan fingerprint density at radius 3 is 2.64 bits per heavy atom. The normalized spacial score (nSPS) is 19.1. The molecule has 1 aliphatic heterocycles. The van der Waals surface area contributed by atoms with Gasteiger partial charge in [-0.25, -0.2) is 9.97 Å². The second-order valence-electron chi connectivity index (χ2n) is 6.26. The maximum atomic E-state index is 12.6. The number of benzene rings is 1. The van der Waals surface area contributed by atoms with E-state index in [0.717, 1.165) is 36.2 Å². The summed E-state index contributed by atoms with van der Waals surface area (Å²) in [5.74, 6) is 0.908. The molecule has 2 aromatic rings. The lowest BCUT2D eigenvalue weighted by molar-refractivity contribution is 0.102. The van der Waals surface area contributed by atoms with Crippen molar-refractivity contribution < 1.29 is 14.6 Å². The number of ketones is 1. The van der Waals surface area contributed by atoms with Gasteiger partial charge in [-0.3, -0.25) is 4.79 Å². The molecule has 4 rings (SSSR count). The Balaban J connectivity index is 1.54. The summed E-state index contributed by atoms with van der Waals surface area (Å²) in [4.78, 5) is 23.6. The first-order valence-corrected chi connectivity index (χ1v) is 8.42. The molecule has 1 aliphatic carbocycles. The van der Waals surface area contributed by atoms with E-state index in [9.17, 15) is 9.90 Å². The molecule has 2 aliphatic rings. The number of carbonyl (C=O) groups is 1. The van der Waals surface area contributed by atoms with Crippen molar-refractivity contribution >= 4 is 17.8 Å². The van der Waals surface area contributed by atoms with Crippen molar-refractivity contribution in [3.05, 3.63) is 52.9 Å². The van der Waals surface area contributed by atoms with Crippen LogP contribution < -0.4 is 4.90 Å². The zero-order valence-electron chi connectivity index (χ0n) is 13.8. The third-order valence-electron chi connectivity index (χ3n) is 4.58. The van der Waals surface area contributed by atoms with Crippen LogP contribution in [0.15, 0.2) is 36.2 Å². The molecule has 0 saturated carbocycles. The first kappa shape index (κ1) is 15.8. The van der Waals surface area contributed by atoms with E-state index in [-0.39, 0.29) is 11.5 Å². The molecular weight excluding hydrogens is 318 g/mol. The standard InChI is InChI=1S/C19H19N3O3/c23-16-3-4-17-14(10-16)1-2-15(18(17)24)9-13-11-20-19(21-12-13)22-5-7-25-8-6-22/h3-4,9-12,23H,1-2,5-8H2/b15-9-. The van der Waals surface area contributed by atoms with E-state index in [1.165, 1.54) is 0 Å². The second kappa shape index (κ2) is 6.64. The molecule has 1 fully saturated rings. The van der Waals surface area contributed by atoms with Gasteiger partial charge in [-0.2, -0.15) is 0 Å². The van der Waals surface area contributed by atoms with E-state index in [2.05, 4.69) is 14.9 Å². The van der Waals surface area contributed by atoms with Crippen molar-refractivity contribution in [2.24, 2.45) is 0 Å². The van der Waals surface area contributed by atoms with Crippen LogP contribution in [-0.2, 0) is 11.2 Å². The van der Waals surface area contributed by atoms with Gasteiger partial charge in [0, 0.05) is 42.2 Å². The number of rotatable bonds is 2. The predicted molar refractivity (Wildman–Crippen MR) is 93.8 cm³/mol. The van der Waals surface area contributed by atoms with Gasteiger partial charge in [0.15, 0.2) is 5.78 Å². The van der Waals surface area contributed by atoms with Crippen LogP contribution in [0.5, 0.6) is 5.75 Å². The van der Waals surface area contributed by atoms with E-state index in [1.807, 2.05) is 6.08 Å². The van der Waals surface area contributed by atoms with Gasteiger partial charge >= 0.3 is 0 Å². The van der Waals surface area contributed by atoms with Crippen LogP contribution >= 0.6 is 0 Å². The van der Waals surface area contributed by atoms with Crippen molar-refractivity contribution in [2.45, 2.75) is 12.8 Å². The van der Waals surface area contributed by atoms with E-state index in [1.54, 1.807) is 30.6 Å². The van der Waals surface area contributed by atoms with Crippen LogP contribution in [0.1, 0.15) is 27.9 Å². The number of hydrogen-bond donors (Lipinski definition) is 1. The molecule has 1 aromatic heterocycles. The molecule has 0 bridgehead atoms. The molecule has 0 spiro atoms. The Morgan fingerprint density at radius 1 is 1.12 bits per heavy atom. The molecule has 0 unspecified atom stereocenters. The highest BCUT2D eigenvalue weighted by Crippen LogP contribution is 2.29. The maximum Gasteiger partial charge on any atom is 0.225 e. The summed E-state index contributed by atoms with van der Waals surface area (Å²) in [6, 6.07) is 4.92. The molecule has 2 heterocycles. The fourth-order valence-electron chi connectivity index (χ4n) is 3.24. The summed E-state index contributed by atoms with van der Waals surface area (Å²) in [6.45, 7) is 2.97. The van der Waals surface area contributed by atoms with Gasteiger partial charge in [0.1, 0.15) is 5.75 Å². The predicted octanol–water partition coefficient (Wildman–Crippen LogP) is 2.23. The number of ether oxygens (including phenoxy) is 1. The van der Waals surface area contributed by atoms with Crippen LogP contribution in [0, 0.1) is 0 Å². The number of aryl methyl sites for hydroxylation is 1. The third kappa shape index (κ3) is 3.25. The Labute approximate surface area is 145 Å². The lowest BCUT2D eigenvalue weighted by Crippen LogP contribution is -2.37. The number of phenolic OH excluding ortho intramolecular Hbond substituents is 1. The number of nitrogens with zero attached hydrogens (tertiary/aromatic N) is 3. The van der Waals surface area contributed by atoms with Gasteiger partial charge < -0.3 is 14.7 Å². The number of Topliss-reactive ketones (excluding diaryl/α,β-unsaturated/α-hetero) is 1. The molecule has 0 amide bonds. The summed E-state index contributed by atoms with van der Waals surface area (Å²) in [5.41, 5.74) is 3.14. The van der Waals surface area contributed by atoms with Gasteiger partial charge in [-0.1, -0.05) is 0 Å².